The van der Waals surface area contributed by atoms with E-state index in [0.29, 0.717) is 5.89 Å². The first-order valence-corrected chi connectivity index (χ1v) is 8.43. The first-order chi connectivity index (χ1) is 12.8. The van der Waals surface area contributed by atoms with Gasteiger partial charge in [0.1, 0.15) is 11.3 Å². The van der Waals surface area contributed by atoms with E-state index in [-0.39, 0.29) is 5.82 Å². The molecule has 0 aliphatic carbocycles. The van der Waals surface area contributed by atoms with Crippen LogP contribution < -0.4 is 0 Å². The van der Waals surface area contributed by atoms with Crippen molar-refractivity contribution < 1.29 is 8.81 Å². The lowest BCUT2D eigenvalue weighted by Gasteiger charge is -2.10. The van der Waals surface area contributed by atoms with Crippen molar-refractivity contribution in [2.24, 2.45) is 0 Å². The van der Waals surface area contributed by atoms with E-state index in [1.54, 1.807) is 12.1 Å². The van der Waals surface area contributed by atoms with Crippen LogP contribution in [-0.4, -0.2) is 4.98 Å². The van der Waals surface area contributed by atoms with Crippen molar-refractivity contribution in [2.75, 3.05) is 0 Å². The van der Waals surface area contributed by atoms with Crippen LogP contribution in [-0.2, 0) is 0 Å². The second-order valence-corrected chi connectivity index (χ2v) is 6.20. The van der Waals surface area contributed by atoms with Crippen LogP contribution in [0.25, 0.3) is 44.5 Å². The highest BCUT2D eigenvalue weighted by Crippen LogP contribution is 2.36. The minimum Gasteiger partial charge on any atom is -0.436 e. The Bertz CT molecular complexity index is 1210. The minimum atomic E-state index is -0.235. The van der Waals surface area contributed by atoms with Crippen LogP contribution >= 0.6 is 0 Å². The molecule has 4 aromatic carbocycles. The fraction of sp³-hybridized carbons (Fsp3) is 0. The van der Waals surface area contributed by atoms with E-state index in [0.717, 1.165) is 38.6 Å². The number of hydrogen-bond acceptors (Lipinski definition) is 2. The molecule has 5 aromatic rings. The Morgan fingerprint density at radius 2 is 1.31 bits per heavy atom. The first kappa shape index (κ1) is 14.8. The van der Waals surface area contributed by atoms with E-state index >= 15 is 0 Å². The summed E-state index contributed by atoms with van der Waals surface area (Å²) in [5, 5.41) is 2.14. The highest BCUT2D eigenvalue weighted by molar-refractivity contribution is 6.04. The summed E-state index contributed by atoms with van der Waals surface area (Å²) in [5.74, 6) is 0.370. The molecule has 26 heavy (non-hydrogen) atoms. The molecular formula is C23H14FNO. The summed E-state index contributed by atoms with van der Waals surface area (Å²) in [6.07, 6.45) is 0. The van der Waals surface area contributed by atoms with Gasteiger partial charge in [0.25, 0.3) is 0 Å². The van der Waals surface area contributed by atoms with Gasteiger partial charge >= 0.3 is 0 Å². The number of benzene rings is 4. The topological polar surface area (TPSA) is 26.0 Å². The summed E-state index contributed by atoms with van der Waals surface area (Å²) in [5.41, 5.74) is 4.60. The third-order valence-electron chi connectivity index (χ3n) is 4.60. The Kier molecular flexibility index (Phi) is 3.32. The van der Waals surface area contributed by atoms with Gasteiger partial charge in [-0.1, -0.05) is 54.6 Å². The Hall–Kier alpha value is -3.46. The van der Waals surface area contributed by atoms with Gasteiger partial charge in [-0.25, -0.2) is 9.37 Å². The maximum absolute atomic E-state index is 13.3. The highest BCUT2D eigenvalue weighted by Gasteiger charge is 2.13. The molecule has 0 bridgehead atoms. The monoisotopic (exact) mass is 339 g/mol. The van der Waals surface area contributed by atoms with Crippen molar-refractivity contribution in [3.8, 4) is 22.6 Å². The van der Waals surface area contributed by atoms with Crippen molar-refractivity contribution >= 4 is 21.9 Å². The number of rotatable bonds is 2. The molecule has 0 amide bonds. The largest absolute Gasteiger partial charge is 0.436 e. The van der Waals surface area contributed by atoms with Gasteiger partial charge in [0, 0.05) is 5.56 Å². The molecule has 0 fully saturated rings. The summed E-state index contributed by atoms with van der Waals surface area (Å²) < 4.78 is 19.2. The van der Waals surface area contributed by atoms with Gasteiger partial charge in [-0.3, -0.25) is 0 Å². The summed E-state index contributed by atoms with van der Waals surface area (Å²) in [6, 6.07) is 26.5. The number of nitrogens with zero attached hydrogens (tertiary/aromatic N) is 1. The maximum atomic E-state index is 13.3. The number of halogens is 1. The number of aromatic nitrogens is 1. The molecule has 0 aliphatic rings. The average Bonchev–Trinajstić information content (AvgIpc) is 3.12. The summed E-state index contributed by atoms with van der Waals surface area (Å²) in [6.45, 7) is 0. The highest BCUT2D eigenvalue weighted by atomic mass is 19.1. The van der Waals surface area contributed by atoms with E-state index in [9.17, 15) is 4.39 Å². The molecule has 0 N–H and O–H groups in total. The molecule has 0 saturated heterocycles. The van der Waals surface area contributed by atoms with Crippen molar-refractivity contribution in [1.82, 2.24) is 4.98 Å². The van der Waals surface area contributed by atoms with Crippen LogP contribution in [0.3, 0.4) is 0 Å². The number of hydrogen-bond donors (Lipinski definition) is 0. The second-order valence-electron chi connectivity index (χ2n) is 6.20. The fourth-order valence-corrected chi connectivity index (χ4v) is 3.35. The molecule has 1 aromatic heterocycles. The lowest BCUT2D eigenvalue weighted by atomic mass is 9.95. The molecule has 1 heterocycles. The van der Waals surface area contributed by atoms with Gasteiger partial charge in [-0.2, -0.15) is 0 Å². The smallest absolute Gasteiger partial charge is 0.227 e. The zero-order valence-corrected chi connectivity index (χ0v) is 13.8. The fourth-order valence-electron chi connectivity index (χ4n) is 3.35. The molecule has 0 spiro atoms. The van der Waals surface area contributed by atoms with E-state index in [1.165, 1.54) is 12.1 Å². The maximum Gasteiger partial charge on any atom is 0.227 e. The molecule has 2 nitrogen and oxygen atoms in total. The zero-order chi connectivity index (χ0) is 17.5. The van der Waals surface area contributed by atoms with Crippen LogP contribution in [0.2, 0.25) is 0 Å². The third-order valence-corrected chi connectivity index (χ3v) is 4.60. The lowest BCUT2D eigenvalue weighted by Crippen LogP contribution is -1.86. The van der Waals surface area contributed by atoms with E-state index < -0.39 is 0 Å². The zero-order valence-electron chi connectivity index (χ0n) is 13.8. The molecule has 3 heteroatoms. The average molecular weight is 339 g/mol. The van der Waals surface area contributed by atoms with Crippen LogP contribution in [0.5, 0.6) is 0 Å². The Morgan fingerprint density at radius 1 is 0.654 bits per heavy atom. The van der Waals surface area contributed by atoms with Gasteiger partial charge in [-0.05, 0) is 52.2 Å². The standard InChI is InChI=1S/C23H14FNO/c24-16-11-9-15(10-12-16)17-13-14-20(19-6-2-1-5-18(17)19)23-25-21-7-3-4-8-22(21)26-23/h1-14H. The molecule has 0 aliphatic heterocycles. The van der Waals surface area contributed by atoms with Crippen molar-refractivity contribution in [3.05, 3.63) is 90.7 Å². The van der Waals surface area contributed by atoms with Crippen LogP contribution in [0.4, 0.5) is 4.39 Å². The second kappa shape index (κ2) is 5.81. The van der Waals surface area contributed by atoms with Gasteiger partial charge in [0.2, 0.25) is 5.89 Å². The Labute approximate surface area is 149 Å². The van der Waals surface area contributed by atoms with Gasteiger partial charge in [0.15, 0.2) is 5.58 Å². The summed E-state index contributed by atoms with van der Waals surface area (Å²) in [4.78, 5) is 4.63. The Morgan fingerprint density at radius 3 is 2.08 bits per heavy atom. The first-order valence-electron chi connectivity index (χ1n) is 8.43. The molecule has 0 saturated carbocycles. The molecule has 124 valence electrons. The Balaban J connectivity index is 1.75. The normalized spacial score (nSPS) is 11.3. The molecular weight excluding hydrogens is 325 g/mol. The quantitative estimate of drug-likeness (QED) is 0.369. The van der Waals surface area contributed by atoms with Gasteiger partial charge in [0.05, 0.1) is 0 Å². The van der Waals surface area contributed by atoms with Crippen molar-refractivity contribution in [3.63, 3.8) is 0 Å². The van der Waals surface area contributed by atoms with Crippen LogP contribution in [0, 0.1) is 5.82 Å². The van der Waals surface area contributed by atoms with Crippen LogP contribution in [0.1, 0.15) is 0 Å². The molecule has 5 rings (SSSR count). The summed E-state index contributed by atoms with van der Waals surface area (Å²) in [7, 11) is 0. The van der Waals surface area contributed by atoms with E-state index in [4.69, 9.17) is 4.42 Å². The number of para-hydroxylation sites is 2. The lowest BCUT2D eigenvalue weighted by molar-refractivity contribution is 0.620. The molecule has 0 radical (unpaired) electrons. The van der Waals surface area contributed by atoms with Crippen molar-refractivity contribution in [1.29, 1.82) is 0 Å². The SMILES string of the molecule is Fc1ccc(-c2ccc(-c3nc4ccccc4o3)c3ccccc23)cc1. The van der Waals surface area contributed by atoms with Crippen LogP contribution in [0.15, 0.2) is 89.3 Å². The minimum absolute atomic E-state index is 0.235. The predicted octanol–water partition coefficient (Wildman–Crippen LogP) is 6.45. The molecule has 0 atom stereocenters. The molecule has 0 unspecified atom stereocenters. The third kappa shape index (κ3) is 2.37. The van der Waals surface area contributed by atoms with E-state index in [1.807, 2.05) is 48.5 Å². The van der Waals surface area contributed by atoms with Crippen molar-refractivity contribution in [2.45, 2.75) is 0 Å². The number of oxazole rings is 1. The van der Waals surface area contributed by atoms with Gasteiger partial charge in [-0.15, -0.1) is 0 Å². The van der Waals surface area contributed by atoms with Gasteiger partial charge < -0.3 is 4.42 Å². The number of fused-ring (bicyclic) bond motifs is 2. The van der Waals surface area contributed by atoms with E-state index in [2.05, 4.69) is 17.1 Å². The predicted molar refractivity (Wildman–Crippen MR) is 102 cm³/mol. The summed E-state index contributed by atoms with van der Waals surface area (Å²) >= 11 is 0.